The topological polar surface area (TPSA) is 90.8 Å². The third-order valence-corrected chi connectivity index (χ3v) is 4.41. The van der Waals surface area contributed by atoms with Gasteiger partial charge in [-0.1, -0.05) is 6.07 Å². The number of nitrogens with one attached hydrogen (secondary N) is 1. The van der Waals surface area contributed by atoms with Gasteiger partial charge in [-0.05, 0) is 24.3 Å². The molecule has 0 unspecified atom stereocenters. The molecule has 0 saturated carbocycles. The van der Waals surface area contributed by atoms with Crippen LogP contribution in [0.5, 0.6) is 0 Å². The second-order valence-corrected chi connectivity index (χ2v) is 6.58. The first-order valence-corrected chi connectivity index (χ1v) is 8.98. The van der Waals surface area contributed by atoms with E-state index < -0.39 is 29.3 Å². The molecule has 1 aromatic carbocycles. The highest BCUT2D eigenvalue weighted by molar-refractivity contribution is 5.50. The Balaban J connectivity index is 1.62. The van der Waals surface area contributed by atoms with Crippen LogP contribution in [0.3, 0.4) is 0 Å². The molecule has 0 amide bonds. The average Bonchev–Trinajstić information content (AvgIpc) is 3.32. The van der Waals surface area contributed by atoms with Crippen molar-refractivity contribution in [2.45, 2.75) is 12.7 Å². The lowest BCUT2D eigenvalue weighted by Gasteiger charge is -2.11. The molecule has 0 spiro atoms. The van der Waals surface area contributed by atoms with Crippen molar-refractivity contribution in [2.24, 2.45) is 7.05 Å². The van der Waals surface area contributed by atoms with Gasteiger partial charge >= 0.3 is 11.9 Å². The summed E-state index contributed by atoms with van der Waals surface area (Å²) in [4.78, 5) is 15.4. The van der Waals surface area contributed by atoms with Crippen LogP contribution in [0.2, 0.25) is 0 Å². The molecule has 3 aromatic heterocycles. The van der Waals surface area contributed by atoms with Gasteiger partial charge in [-0.2, -0.15) is 23.0 Å². The van der Waals surface area contributed by atoms with E-state index in [0.717, 1.165) is 23.0 Å². The molecule has 0 aliphatic carbocycles. The van der Waals surface area contributed by atoms with E-state index in [-0.39, 0.29) is 35.2 Å². The van der Waals surface area contributed by atoms with Crippen molar-refractivity contribution >= 4 is 5.82 Å². The second-order valence-electron chi connectivity index (χ2n) is 6.58. The standard InChI is InChI=1S/C19H13F5N6O2/c1-29-18(31)32-17(28-29)14-7-15(19(22,23)24)30(27-14)10-5-6-16(25-8-10)26-9-11-12(20)3-2-4-13(11)21/h2-8H,9H2,1H3,(H,25,26). The van der Waals surface area contributed by atoms with Crippen LogP contribution in [0.4, 0.5) is 27.8 Å². The maximum Gasteiger partial charge on any atom is 0.437 e. The fourth-order valence-electron chi connectivity index (χ4n) is 2.83. The molecule has 4 aromatic rings. The summed E-state index contributed by atoms with van der Waals surface area (Å²) in [6, 6.07) is 6.75. The molecule has 0 radical (unpaired) electrons. The van der Waals surface area contributed by atoms with Gasteiger partial charge in [0.2, 0.25) is 0 Å². The monoisotopic (exact) mass is 452 g/mol. The molecule has 0 atom stereocenters. The van der Waals surface area contributed by atoms with E-state index in [2.05, 4.69) is 20.5 Å². The van der Waals surface area contributed by atoms with Gasteiger partial charge in [0.25, 0.3) is 5.89 Å². The quantitative estimate of drug-likeness (QED) is 0.466. The fraction of sp³-hybridized carbons (Fsp3) is 0.158. The van der Waals surface area contributed by atoms with Crippen molar-refractivity contribution in [1.29, 1.82) is 0 Å². The lowest BCUT2D eigenvalue weighted by Crippen LogP contribution is -2.13. The minimum atomic E-state index is -4.78. The molecule has 32 heavy (non-hydrogen) atoms. The summed E-state index contributed by atoms with van der Waals surface area (Å²) in [5.74, 6) is -2.54. The van der Waals surface area contributed by atoms with Crippen LogP contribution in [0, 0.1) is 11.6 Å². The number of hydrogen-bond donors (Lipinski definition) is 1. The van der Waals surface area contributed by atoms with Crippen molar-refractivity contribution in [3.8, 4) is 17.3 Å². The van der Waals surface area contributed by atoms with Gasteiger partial charge in [-0.25, -0.2) is 23.2 Å². The van der Waals surface area contributed by atoms with Crippen molar-refractivity contribution in [1.82, 2.24) is 24.5 Å². The third kappa shape index (κ3) is 4.08. The van der Waals surface area contributed by atoms with Crippen LogP contribution in [-0.2, 0) is 19.8 Å². The molecule has 4 rings (SSSR count). The number of anilines is 1. The molecule has 13 heteroatoms. The van der Waals surface area contributed by atoms with Gasteiger partial charge in [-0.3, -0.25) is 0 Å². The first kappa shape index (κ1) is 21.2. The molecule has 0 aliphatic heterocycles. The molecule has 0 fully saturated rings. The Hall–Kier alpha value is -4.03. The van der Waals surface area contributed by atoms with Crippen LogP contribution in [0.25, 0.3) is 17.3 Å². The number of rotatable bonds is 5. The van der Waals surface area contributed by atoms with Crippen molar-refractivity contribution in [2.75, 3.05) is 5.32 Å². The highest BCUT2D eigenvalue weighted by Gasteiger charge is 2.37. The largest absolute Gasteiger partial charge is 0.437 e. The molecular weight excluding hydrogens is 439 g/mol. The zero-order valence-corrected chi connectivity index (χ0v) is 16.2. The lowest BCUT2D eigenvalue weighted by atomic mass is 10.2. The highest BCUT2D eigenvalue weighted by atomic mass is 19.4. The molecule has 0 saturated heterocycles. The Morgan fingerprint density at radius 1 is 1.09 bits per heavy atom. The van der Waals surface area contributed by atoms with E-state index >= 15 is 0 Å². The van der Waals surface area contributed by atoms with Crippen molar-refractivity contribution < 1.29 is 26.4 Å². The van der Waals surface area contributed by atoms with E-state index in [9.17, 15) is 26.7 Å². The molecular formula is C19H13F5N6O2. The normalized spacial score (nSPS) is 11.7. The summed E-state index contributed by atoms with van der Waals surface area (Å²) >= 11 is 0. The maximum absolute atomic E-state index is 13.7. The zero-order chi connectivity index (χ0) is 23.0. The van der Waals surface area contributed by atoms with Crippen LogP contribution in [0.15, 0.2) is 51.8 Å². The number of benzene rings is 1. The average molecular weight is 452 g/mol. The Morgan fingerprint density at radius 3 is 2.38 bits per heavy atom. The van der Waals surface area contributed by atoms with Gasteiger partial charge in [0, 0.05) is 25.2 Å². The van der Waals surface area contributed by atoms with Gasteiger partial charge < -0.3 is 9.73 Å². The third-order valence-electron chi connectivity index (χ3n) is 4.41. The fourth-order valence-corrected chi connectivity index (χ4v) is 2.83. The van der Waals surface area contributed by atoms with E-state index in [1.54, 1.807) is 0 Å². The molecule has 8 nitrogen and oxygen atoms in total. The zero-order valence-electron chi connectivity index (χ0n) is 16.2. The minimum Gasteiger partial charge on any atom is -0.386 e. The van der Waals surface area contributed by atoms with Gasteiger partial charge in [-0.15, -0.1) is 5.10 Å². The number of pyridine rings is 1. The Kier molecular flexibility index (Phi) is 5.24. The number of aryl methyl sites for hydroxylation is 1. The summed E-state index contributed by atoms with van der Waals surface area (Å²) in [6.45, 7) is -0.219. The number of aromatic nitrogens is 5. The Bertz CT molecular complexity index is 1300. The molecule has 0 bridgehead atoms. The first-order chi connectivity index (χ1) is 15.1. The Morgan fingerprint density at radius 2 is 1.81 bits per heavy atom. The van der Waals surface area contributed by atoms with E-state index in [1.165, 1.54) is 25.2 Å². The van der Waals surface area contributed by atoms with Crippen molar-refractivity contribution in [3.63, 3.8) is 0 Å². The van der Waals surface area contributed by atoms with Gasteiger partial charge in [0.05, 0.1) is 11.9 Å². The molecule has 1 N–H and O–H groups in total. The van der Waals surface area contributed by atoms with Crippen LogP contribution in [0.1, 0.15) is 11.3 Å². The lowest BCUT2D eigenvalue weighted by molar-refractivity contribution is -0.142. The van der Waals surface area contributed by atoms with Gasteiger partial charge in [0.1, 0.15) is 23.1 Å². The summed E-state index contributed by atoms with van der Waals surface area (Å²) in [5.41, 5.74) is -1.69. The predicted octanol–water partition coefficient (Wildman–Crippen LogP) is 3.53. The van der Waals surface area contributed by atoms with E-state index in [1.807, 2.05) is 0 Å². The molecule has 0 aliphatic rings. The van der Waals surface area contributed by atoms with E-state index in [0.29, 0.717) is 10.7 Å². The smallest absolute Gasteiger partial charge is 0.386 e. The van der Waals surface area contributed by atoms with Crippen LogP contribution < -0.4 is 11.1 Å². The number of nitrogens with zero attached hydrogens (tertiary/aromatic N) is 5. The maximum atomic E-state index is 13.7. The summed E-state index contributed by atoms with van der Waals surface area (Å²) < 4.78 is 74.2. The SMILES string of the molecule is Cn1nc(-c2cc(C(F)(F)F)n(-c3ccc(NCc4c(F)cccc4F)nc3)n2)oc1=O. The first-order valence-electron chi connectivity index (χ1n) is 8.98. The number of alkyl halides is 3. The van der Waals surface area contributed by atoms with E-state index in [4.69, 9.17) is 4.42 Å². The molecule has 166 valence electrons. The molecule has 3 heterocycles. The second kappa shape index (κ2) is 7.90. The van der Waals surface area contributed by atoms with Gasteiger partial charge in [0.15, 0.2) is 5.69 Å². The highest BCUT2D eigenvalue weighted by Crippen LogP contribution is 2.33. The number of hydrogen-bond acceptors (Lipinski definition) is 6. The Labute approximate surface area is 175 Å². The summed E-state index contributed by atoms with van der Waals surface area (Å²) in [7, 11) is 1.28. The van der Waals surface area contributed by atoms with Crippen LogP contribution in [-0.4, -0.2) is 24.5 Å². The predicted molar refractivity (Wildman–Crippen MR) is 101 cm³/mol. The minimum absolute atomic E-state index is 0.0514. The summed E-state index contributed by atoms with van der Waals surface area (Å²) in [6.07, 6.45) is -3.68. The number of halogens is 5. The summed E-state index contributed by atoms with van der Waals surface area (Å²) in [5, 5.41) is 10.2. The van der Waals surface area contributed by atoms with Crippen molar-refractivity contribution in [3.05, 3.63) is 76.0 Å². The van der Waals surface area contributed by atoms with Crippen LogP contribution >= 0.6 is 0 Å².